The van der Waals surface area contributed by atoms with Gasteiger partial charge in [0.05, 0.1) is 13.1 Å². The van der Waals surface area contributed by atoms with Gasteiger partial charge in [-0.3, -0.25) is 4.79 Å². The third-order valence-corrected chi connectivity index (χ3v) is 3.27. The quantitative estimate of drug-likeness (QED) is 0.827. The van der Waals surface area contributed by atoms with Gasteiger partial charge in [0, 0.05) is 13.1 Å². The summed E-state index contributed by atoms with van der Waals surface area (Å²) in [5.74, 6) is 0.441. The highest BCUT2D eigenvalue weighted by molar-refractivity contribution is 5.78. The van der Waals surface area contributed by atoms with Gasteiger partial charge >= 0.3 is 6.18 Å². The van der Waals surface area contributed by atoms with Gasteiger partial charge in [0.2, 0.25) is 5.91 Å². The van der Waals surface area contributed by atoms with E-state index in [1.165, 1.54) is 6.42 Å². The van der Waals surface area contributed by atoms with Crippen LogP contribution in [-0.2, 0) is 4.79 Å². The first-order valence-corrected chi connectivity index (χ1v) is 6.47. The van der Waals surface area contributed by atoms with Crippen LogP contribution < -0.4 is 5.32 Å². The van der Waals surface area contributed by atoms with Crippen LogP contribution in [-0.4, -0.2) is 43.2 Å². The van der Waals surface area contributed by atoms with E-state index in [4.69, 9.17) is 0 Å². The number of nitrogens with one attached hydrogen (secondary N) is 1. The fourth-order valence-corrected chi connectivity index (χ4v) is 2.30. The molecule has 1 heterocycles. The molecule has 1 rings (SSSR count). The van der Waals surface area contributed by atoms with E-state index in [-0.39, 0.29) is 12.5 Å². The topological polar surface area (TPSA) is 32.3 Å². The van der Waals surface area contributed by atoms with Gasteiger partial charge in [-0.05, 0) is 18.8 Å². The maximum absolute atomic E-state index is 11.9. The molecule has 0 unspecified atom stereocenters. The molecular formula is C12H21F3N2O. The Kier molecular flexibility index (Phi) is 5.91. The fourth-order valence-electron chi connectivity index (χ4n) is 2.30. The van der Waals surface area contributed by atoms with Crippen LogP contribution in [0.5, 0.6) is 0 Å². The number of carbonyl (C=O) groups excluding carboxylic acids is 1. The third kappa shape index (κ3) is 5.71. The van der Waals surface area contributed by atoms with Gasteiger partial charge in [0.15, 0.2) is 0 Å². The maximum atomic E-state index is 11.9. The standard InChI is InChI=1S/C12H21F3N2O/c1-2-3-10-4-6-17(7-5-10)11(18)8-16-9-12(13,14)15/h10,16H,2-9H2,1H3. The fraction of sp³-hybridized carbons (Fsp3) is 0.917. The molecule has 1 N–H and O–H groups in total. The van der Waals surface area contributed by atoms with Crippen molar-refractivity contribution in [3.05, 3.63) is 0 Å². The predicted octanol–water partition coefficient (Wildman–Crippen LogP) is 2.18. The van der Waals surface area contributed by atoms with Crippen molar-refractivity contribution < 1.29 is 18.0 Å². The van der Waals surface area contributed by atoms with Crippen LogP contribution in [0.15, 0.2) is 0 Å². The summed E-state index contributed by atoms with van der Waals surface area (Å²) in [5.41, 5.74) is 0. The Morgan fingerprint density at radius 3 is 2.44 bits per heavy atom. The lowest BCUT2D eigenvalue weighted by Gasteiger charge is -2.32. The van der Waals surface area contributed by atoms with Gasteiger partial charge in [-0.1, -0.05) is 19.8 Å². The first kappa shape index (κ1) is 15.3. The second kappa shape index (κ2) is 6.97. The minimum atomic E-state index is -4.26. The van der Waals surface area contributed by atoms with E-state index in [1.54, 1.807) is 4.90 Å². The van der Waals surface area contributed by atoms with Crippen molar-refractivity contribution in [1.82, 2.24) is 10.2 Å². The van der Waals surface area contributed by atoms with Crippen LogP contribution in [0.1, 0.15) is 32.6 Å². The number of piperidine rings is 1. The Hall–Kier alpha value is -0.780. The molecule has 0 aromatic heterocycles. The molecule has 6 heteroatoms. The molecule has 0 aromatic carbocycles. The molecule has 0 aromatic rings. The molecule has 0 aliphatic carbocycles. The second-order valence-corrected chi connectivity index (χ2v) is 4.83. The minimum absolute atomic E-state index is 0.224. The zero-order valence-corrected chi connectivity index (χ0v) is 10.7. The molecule has 1 fully saturated rings. The molecule has 106 valence electrons. The largest absolute Gasteiger partial charge is 0.401 e. The predicted molar refractivity (Wildman–Crippen MR) is 63.1 cm³/mol. The van der Waals surface area contributed by atoms with Gasteiger partial charge in [0.25, 0.3) is 0 Å². The number of likely N-dealkylation sites (tertiary alicyclic amines) is 1. The molecular weight excluding hydrogens is 245 g/mol. The summed E-state index contributed by atoms with van der Waals surface area (Å²) in [5, 5.41) is 2.14. The Morgan fingerprint density at radius 1 is 1.33 bits per heavy atom. The van der Waals surface area contributed by atoms with E-state index < -0.39 is 12.7 Å². The van der Waals surface area contributed by atoms with Crippen molar-refractivity contribution in [2.24, 2.45) is 5.92 Å². The highest BCUT2D eigenvalue weighted by Crippen LogP contribution is 2.21. The maximum Gasteiger partial charge on any atom is 0.401 e. The van der Waals surface area contributed by atoms with E-state index in [0.29, 0.717) is 19.0 Å². The van der Waals surface area contributed by atoms with Crippen LogP contribution in [0.4, 0.5) is 13.2 Å². The number of carbonyl (C=O) groups is 1. The summed E-state index contributed by atoms with van der Waals surface area (Å²) >= 11 is 0. The van der Waals surface area contributed by atoms with Gasteiger partial charge in [-0.2, -0.15) is 13.2 Å². The normalized spacial score (nSPS) is 18.1. The molecule has 0 bridgehead atoms. The molecule has 0 radical (unpaired) electrons. The summed E-state index contributed by atoms with van der Waals surface area (Å²) in [6.07, 6.45) is 0.00616. The van der Waals surface area contributed by atoms with Crippen molar-refractivity contribution in [3.63, 3.8) is 0 Å². The number of hydrogen-bond donors (Lipinski definition) is 1. The molecule has 0 saturated carbocycles. The number of alkyl halides is 3. The number of nitrogens with zero attached hydrogens (tertiary/aromatic N) is 1. The molecule has 0 spiro atoms. The molecule has 1 aliphatic heterocycles. The number of rotatable bonds is 5. The SMILES string of the molecule is CCCC1CCN(C(=O)CNCC(F)(F)F)CC1. The monoisotopic (exact) mass is 266 g/mol. The average molecular weight is 266 g/mol. The Bertz CT molecular complexity index is 261. The first-order chi connectivity index (χ1) is 8.42. The van der Waals surface area contributed by atoms with Crippen LogP contribution in [0, 0.1) is 5.92 Å². The second-order valence-electron chi connectivity index (χ2n) is 4.83. The summed E-state index contributed by atoms with van der Waals surface area (Å²) in [6.45, 7) is 2.16. The van der Waals surface area contributed by atoms with E-state index in [9.17, 15) is 18.0 Å². The first-order valence-electron chi connectivity index (χ1n) is 6.47. The van der Waals surface area contributed by atoms with E-state index in [0.717, 1.165) is 19.3 Å². The lowest BCUT2D eigenvalue weighted by atomic mass is 9.92. The Labute approximate surface area is 106 Å². The van der Waals surface area contributed by atoms with Gasteiger partial charge in [0.1, 0.15) is 0 Å². The van der Waals surface area contributed by atoms with E-state index in [1.807, 2.05) is 0 Å². The Morgan fingerprint density at radius 2 is 1.94 bits per heavy atom. The molecule has 18 heavy (non-hydrogen) atoms. The van der Waals surface area contributed by atoms with E-state index in [2.05, 4.69) is 12.2 Å². The van der Waals surface area contributed by atoms with Crippen molar-refractivity contribution in [2.75, 3.05) is 26.2 Å². The zero-order valence-electron chi connectivity index (χ0n) is 10.7. The van der Waals surface area contributed by atoms with Crippen molar-refractivity contribution in [3.8, 4) is 0 Å². The zero-order chi connectivity index (χ0) is 13.6. The minimum Gasteiger partial charge on any atom is -0.342 e. The van der Waals surface area contributed by atoms with Gasteiger partial charge in [-0.15, -0.1) is 0 Å². The summed E-state index contributed by atoms with van der Waals surface area (Å²) < 4.78 is 35.7. The lowest BCUT2D eigenvalue weighted by molar-refractivity contribution is -0.135. The Balaban J connectivity index is 2.20. The highest BCUT2D eigenvalue weighted by Gasteiger charge is 2.27. The van der Waals surface area contributed by atoms with Crippen LogP contribution >= 0.6 is 0 Å². The average Bonchev–Trinajstić information content (AvgIpc) is 2.28. The number of amides is 1. The smallest absolute Gasteiger partial charge is 0.342 e. The van der Waals surface area contributed by atoms with Crippen LogP contribution in [0.3, 0.4) is 0 Å². The lowest BCUT2D eigenvalue weighted by Crippen LogP contribution is -2.44. The molecule has 3 nitrogen and oxygen atoms in total. The number of hydrogen-bond acceptors (Lipinski definition) is 2. The van der Waals surface area contributed by atoms with E-state index >= 15 is 0 Å². The van der Waals surface area contributed by atoms with Crippen molar-refractivity contribution in [2.45, 2.75) is 38.8 Å². The van der Waals surface area contributed by atoms with Crippen LogP contribution in [0.2, 0.25) is 0 Å². The molecule has 1 saturated heterocycles. The summed E-state index contributed by atoms with van der Waals surface area (Å²) in [6, 6.07) is 0. The van der Waals surface area contributed by atoms with Gasteiger partial charge < -0.3 is 10.2 Å². The number of halogens is 3. The highest BCUT2D eigenvalue weighted by atomic mass is 19.4. The molecule has 1 aliphatic rings. The summed E-state index contributed by atoms with van der Waals surface area (Å²) in [4.78, 5) is 13.3. The van der Waals surface area contributed by atoms with Crippen molar-refractivity contribution >= 4 is 5.91 Å². The van der Waals surface area contributed by atoms with Crippen molar-refractivity contribution in [1.29, 1.82) is 0 Å². The van der Waals surface area contributed by atoms with Gasteiger partial charge in [-0.25, -0.2) is 0 Å². The molecule has 1 amide bonds. The molecule has 0 atom stereocenters. The third-order valence-electron chi connectivity index (χ3n) is 3.27. The van der Waals surface area contributed by atoms with Crippen LogP contribution in [0.25, 0.3) is 0 Å². The summed E-state index contributed by atoms with van der Waals surface area (Å²) in [7, 11) is 0.